The Labute approximate surface area is 151 Å². The standard InChI is InChI=1S/C21H19FN2O2/c1-14(15-6-4-3-5-7-15)21(25)24-20-13-17(10-11-23-20)16-8-9-18(22)19(12-16)26-2/h3-14H,1-2H3,(H,23,24,25)/t14-/m0/s1. The van der Waals surface area contributed by atoms with Gasteiger partial charge in [0.2, 0.25) is 5.91 Å². The van der Waals surface area contributed by atoms with E-state index >= 15 is 0 Å². The van der Waals surface area contributed by atoms with Crippen LogP contribution in [0.1, 0.15) is 18.4 Å². The molecular formula is C21H19FN2O2. The Kier molecular flexibility index (Phi) is 5.27. The maximum Gasteiger partial charge on any atom is 0.232 e. The molecule has 0 aliphatic heterocycles. The van der Waals surface area contributed by atoms with Gasteiger partial charge in [-0.2, -0.15) is 0 Å². The SMILES string of the molecule is COc1cc(-c2ccnc(NC(=O)[C@@H](C)c3ccccc3)c2)ccc1F. The summed E-state index contributed by atoms with van der Waals surface area (Å²) >= 11 is 0. The van der Waals surface area contributed by atoms with E-state index in [2.05, 4.69) is 10.3 Å². The van der Waals surface area contributed by atoms with Crippen LogP contribution in [0.3, 0.4) is 0 Å². The van der Waals surface area contributed by atoms with E-state index in [1.165, 1.54) is 13.2 Å². The molecule has 0 fully saturated rings. The van der Waals surface area contributed by atoms with E-state index in [-0.39, 0.29) is 17.6 Å². The Morgan fingerprint density at radius 3 is 2.54 bits per heavy atom. The van der Waals surface area contributed by atoms with Crippen molar-refractivity contribution >= 4 is 11.7 Å². The van der Waals surface area contributed by atoms with Crippen LogP contribution in [0.2, 0.25) is 0 Å². The molecule has 0 unspecified atom stereocenters. The number of nitrogens with one attached hydrogen (secondary N) is 1. The van der Waals surface area contributed by atoms with Gasteiger partial charge in [0.1, 0.15) is 5.82 Å². The average molecular weight is 350 g/mol. The van der Waals surface area contributed by atoms with Crippen LogP contribution >= 0.6 is 0 Å². The molecule has 0 saturated heterocycles. The van der Waals surface area contributed by atoms with Gasteiger partial charge in [-0.1, -0.05) is 36.4 Å². The lowest BCUT2D eigenvalue weighted by Gasteiger charge is -2.13. The summed E-state index contributed by atoms with van der Waals surface area (Å²) in [6.45, 7) is 1.85. The van der Waals surface area contributed by atoms with E-state index < -0.39 is 5.82 Å². The number of anilines is 1. The van der Waals surface area contributed by atoms with E-state index in [1.807, 2.05) is 37.3 Å². The summed E-state index contributed by atoms with van der Waals surface area (Å²) in [4.78, 5) is 16.7. The minimum Gasteiger partial charge on any atom is -0.494 e. The number of halogens is 1. The van der Waals surface area contributed by atoms with Crippen molar-refractivity contribution in [3.63, 3.8) is 0 Å². The predicted molar refractivity (Wildman–Crippen MR) is 99.7 cm³/mol. The van der Waals surface area contributed by atoms with Crippen molar-refractivity contribution in [1.29, 1.82) is 0 Å². The van der Waals surface area contributed by atoms with Gasteiger partial charge in [-0.05, 0) is 47.9 Å². The Hall–Kier alpha value is -3.21. The van der Waals surface area contributed by atoms with Gasteiger partial charge >= 0.3 is 0 Å². The number of methoxy groups -OCH3 is 1. The Morgan fingerprint density at radius 2 is 1.81 bits per heavy atom. The molecule has 0 aliphatic rings. The first kappa shape index (κ1) is 17.6. The van der Waals surface area contributed by atoms with E-state index in [1.54, 1.807) is 30.5 Å². The minimum absolute atomic E-state index is 0.141. The van der Waals surface area contributed by atoms with Gasteiger partial charge in [0.25, 0.3) is 0 Å². The van der Waals surface area contributed by atoms with Crippen molar-refractivity contribution in [3.8, 4) is 16.9 Å². The molecule has 0 bridgehead atoms. The highest BCUT2D eigenvalue weighted by atomic mass is 19.1. The minimum atomic E-state index is -0.421. The lowest BCUT2D eigenvalue weighted by molar-refractivity contribution is -0.117. The maximum absolute atomic E-state index is 13.6. The van der Waals surface area contributed by atoms with Crippen LogP contribution in [0, 0.1) is 5.82 Å². The molecule has 0 saturated carbocycles. The largest absolute Gasteiger partial charge is 0.494 e. The van der Waals surface area contributed by atoms with Gasteiger partial charge in [0, 0.05) is 6.20 Å². The van der Waals surface area contributed by atoms with Crippen LogP contribution < -0.4 is 10.1 Å². The fourth-order valence-electron chi connectivity index (χ4n) is 2.65. The molecule has 1 atom stereocenters. The van der Waals surface area contributed by atoms with Gasteiger partial charge in [0.05, 0.1) is 13.0 Å². The highest BCUT2D eigenvalue weighted by Gasteiger charge is 2.16. The molecule has 2 aromatic carbocycles. The second-order valence-corrected chi connectivity index (χ2v) is 5.90. The molecule has 5 heteroatoms. The van der Waals surface area contributed by atoms with E-state index in [4.69, 9.17) is 4.74 Å². The molecule has 3 aromatic rings. The Bertz CT molecular complexity index is 913. The summed E-state index contributed by atoms with van der Waals surface area (Å²) in [6.07, 6.45) is 1.61. The monoisotopic (exact) mass is 350 g/mol. The number of hydrogen-bond donors (Lipinski definition) is 1. The van der Waals surface area contributed by atoms with E-state index in [0.717, 1.165) is 16.7 Å². The highest BCUT2D eigenvalue weighted by molar-refractivity contribution is 5.95. The molecule has 1 heterocycles. The zero-order chi connectivity index (χ0) is 18.5. The molecule has 3 rings (SSSR count). The summed E-state index contributed by atoms with van der Waals surface area (Å²) in [5.74, 6) is -0.248. The van der Waals surface area contributed by atoms with E-state index in [9.17, 15) is 9.18 Å². The van der Waals surface area contributed by atoms with Crippen LogP contribution in [0.15, 0.2) is 66.9 Å². The van der Waals surface area contributed by atoms with Crippen LogP contribution in [-0.2, 0) is 4.79 Å². The number of amides is 1. The number of hydrogen-bond acceptors (Lipinski definition) is 3. The summed E-state index contributed by atoms with van der Waals surface area (Å²) < 4.78 is 18.6. The third-order valence-corrected chi connectivity index (χ3v) is 4.19. The summed E-state index contributed by atoms with van der Waals surface area (Å²) in [5, 5.41) is 2.83. The van der Waals surface area contributed by atoms with Crippen molar-refractivity contribution in [1.82, 2.24) is 4.98 Å². The first-order chi connectivity index (χ1) is 12.6. The van der Waals surface area contributed by atoms with Gasteiger partial charge in [0.15, 0.2) is 11.6 Å². The van der Waals surface area contributed by atoms with Crippen LogP contribution in [0.5, 0.6) is 5.75 Å². The fraction of sp³-hybridized carbons (Fsp3) is 0.143. The number of carbonyl (C=O) groups excluding carboxylic acids is 1. The normalized spacial score (nSPS) is 11.7. The van der Waals surface area contributed by atoms with Crippen molar-refractivity contribution in [2.75, 3.05) is 12.4 Å². The smallest absolute Gasteiger partial charge is 0.232 e. The second kappa shape index (κ2) is 7.78. The second-order valence-electron chi connectivity index (χ2n) is 5.90. The molecule has 1 N–H and O–H groups in total. The van der Waals surface area contributed by atoms with Crippen molar-refractivity contribution in [2.45, 2.75) is 12.8 Å². The number of carbonyl (C=O) groups is 1. The summed E-state index contributed by atoms with van der Waals surface area (Å²) in [6, 6.07) is 17.7. The Morgan fingerprint density at radius 1 is 1.08 bits per heavy atom. The maximum atomic E-state index is 13.6. The summed E-state index contributed by atoms with van der Waals surface area (Å²) in [5.41, 5.74) is 2.52. The number of nitrogens with zero attached hydrogens (tertiary/aromatic N) is 1. The molecule has 0 spiro atoms. The number of ether oxygens (including phenoxy) is 1. The molecule has 1 amide bonds. The van der Waals surface area contributed by atoms with Crippen LogP contribution in [-0.4, -0.2) is 18.0 Å². The van der Waals surface area contributed by atoms with Gasteiger partial charge < -0.3 is 10.1 Å². The van der Waals surface area contributed by atoms with E-state index in [0.29, 0.717) is 5.82 Å². The number of pyridine rings is 1. The average Bonchev–Trinajstić information content (AvgIpc) is 2.68. The first-order valence-corrected chi connectivity index (χ1v) is 8.24. The fourth-order valence-corrected chi connectivity index (χ4v) is 2.65. The third kappa shape index (κ3) is 3.88. The van der Waals surface area contributed by atoms with Crippen LogP contribution in [0.4, 0.5) is 10.2 Å². The van der Waals surface area contributed by atoms with Crippen molar-refractivity contribution in [2.24, 2.45) is 0 Å². The zero-order valence-electron chi connectivity index (χ0n) is 14.6. The molecule has 0 radical (unpaired) electrons. The molecule has 0 aliphatic carbocycles. The first-order valence-electron chi connectivity index (χ1n) is 8.24. The predicted octanol–water partition coefficient (Wildman–Crippen LogP) is 4.64. The number of benzene rings is 2. The highest BCUT2D eigenvalue weighted by Crippen LogP contribution is 2.27. The lowest BCUT2D eigenvalue weighted by atomic mass is 10.0. The van der Waals surface area contributed by atoms with Gasteiger partial charge in [-0.25, -0.2) is 9.37 Å². The molecular weight excluding hydrogens is 331 g/mol. The molecule has 1 aromatic heterocycles. The quantitative estimate of drug-likeness (QED) is 0.729. The van der Waals surface area contributed by atoms with Gasteiger partial charge in [-0.3, -0.25) is 4.79 Å². The Balaban J connectivity index is 1.80. The topological polar surface area (TPSA) is 51.2 Å². The molecule has 4 nitrogen and oxygen atoms in total. The van der Waals surface area contributed by atoms with Gasteiger partial charge in [-0.15, -0.1) is 0 Å². The third-order valence-electron chi connectivity index (χ3n) is 4.19. The number of aromatic nitrogens is 1. The number of rotatable bonds is 5. The zero-order valence-corrected chi connectivity index (χ0v) is 14.6. The lowest BCUT2D eigenvalue weighted by Crippen LogP contribution is -2.19. The summed E-state index contributed by atoms with van der Waals surface area (Å²) in [7, 11) is 1.42. The van der Waals surface area contributed by atoms with Crippen molar-refractivity contribution < 1.29 is 13.9 Å². The van der Waals surface area contributed by atoms with Crippen LogP contribution in [0.25, 0.3) is 11.1 Å². The molecule has 26 heavy (non-hydrogen) atoms. The van der Waals surface area contributed by atoms with Crippen molar-refractivity contribution in [3.05, 3.63) is 78.2 Å². The molecule has 132 valence electrons.